The van der Waals surface area contributed by atoms with Gasteiger partial charge in [-0.25, -0.2) is 0 Å². The van der Waals surface area contributed by atoms with E-state index in [-0.39, 0.29) is 17.9 Å². The molecule has 0 saturated heterocycles. The summed E-state index contributed by atoms with van der Waals surface area (Å²) in [7, 11) is 0. The van der Waals surface area contributed by atoms with Crippen LogP contribution in [0.3, 0.4) is 0 Å². The Morgan fingerprint density at radius 3 is 2.37 bits per heavy atom. The van der Waals surface area contributed by atoms with Gasteiger partial charge in [-0.05, 0) is 30.7 Å². The first-order valence-electron chi connectivity index (χ1n) is 6.75. The van der Waals surface area contributed by atoms with Crippen molar-refractivity contribution in [1.82, 2.24) is 5.32 Å². The molecule has 0 aliphatic heterocycles. The molecule has 1 aromatic carbocycles. The lowest BCUT2D eigenvalue weighted by Gasteiger charge is -2.18. The molecule has 1 amide bonds. The molecule has 2 saturated carbocycles. The van der Waals surface area contributed by atoms with Crippen LogP contribution in [0, 0.1) is 17.8 Å². The number of carboxylic acids is 1. The minimum Gasteiger partial charge on any atom is -0.481 e. The van der Waals surface area contributed by atoms with Crippen LogP contribution in [0.5, 0.6) is 0 Å². The number of hydrogen-bond donors (Lipinski definition) is 2. The maximum atomic E-state index is 12.1. The van der Waals surface area contributed by atoms with Crippen LogP contribution < -0.4 is 5.32 Å². The molecule has 0 spiro atoms. The van der Waals surface area contributed by atoms with Gasteiger partial charge in [-0.2, -0.15) is 0 Å². The molecule has 0 radical (unpaired) electrons. The maximum Gasteiger partial charge on any atom is 0.307 e. The number of rotatable bonds is 5. The molecule has 2 N–H and O–H groups in total. The molecule has 3 atom stereocenters. The maximum absolute atomic E-state index is 12.1. The molecule has 3 rings (SSSR count). The Bertz CT molecular complexity index is 495. The summed E-state index contributed by atoms with van der Waals surface area (Å²) in [6.07, 6.45) is 2.74. The Hall–Kier alpha value is -1.84. The van der Waals surface area contributed by atoms with Gasteiger partial charge in [0, 0.05) is 0 Å². The van der Waals surface area contributed by atoms with Gasteiger partial charge >= 0.3 is 5.97 Å². The highest BCUT2D eigenvalue weighted by Gasteiger charge is 2.49. The Morgan fingerprint density at radius 2 is 1.84 bits per heavy atom. The molecule has 0 bridgehead atoms. The van der Waals surface area contributed by atoms with Gasteiger partial charge in [-0.3, -0.25) is 9.59 Å². The van der Waals surface area contributed by atoms with Crippen LogP contribution >= 0.6 is 0 Å². The minimum atomic E-state index is -0.858. The van der Waals surface area contributed by atoms with Crippen LogP contribution in [-0.2, 0) is 9.59 Å². The lowest BCUT2D eigenvalue weighted by Crippen LogP contribution is -2.32. The summed E-state index contributed by atoms with van der Waals surface area (Å²) in [6.45, 7) is 0. The van der Waals surface area contributed by atoms with E-state index < -0.39 is 11.9 Å². The van der Waals surface area contributed by atoms with Gasteiger partial charge in [0.15, 0.2) is 0 Å². The highest BCUT2D eigenvalue weighted by atomic mass is 16.4. The normalized spacial score (nSPS) is 26.5. The first-order valence-corrected chi connectivity index (χ1v) is 6.75. The highest BCUT2D eigenvalue weighted by molar-refractivity contribution is 5.89. The lowest BCUT2D eigenvalue weighted by molar-refractivity contribution is -0.140. The first kappa shape index (κ1) is 12.2. The number of nitrogens with one attached hydrogen (secondary N) is 1. The zero-order valence-corrected chi connectivity index (χ0v) is 10.6. The van der Waals surface area contributed by atoms with Crippen molar-refractivity contribution < 1.29 is 14.7 Å². The van der Waals surface area contributed by atoms with Gasteiger partial charge in [0.25, 0.3) is 0 Å². The van der Waals surface area contributed by atoms with Gasteiger partial charge in [0.1, 0.15) is 0 Å². The summed E-state index contributed by atoms with van der Waals surface area (Å²) < 4.78 is 0. The first-order chi connectivity index (χ1) is 9.16. The second-order valence-electron chi connectivity index (χ2n) is 5.52. The molecule has 2 aliphatic rings. The van der Waals surface area contributed by atoms with Crippen molar-refractivity contribution in [3.63, 3.8) is 0 Å². The zero-order chi connectivity index (χ0) is 13.4. The highest BCUT2D eigenvalue weighted by Crippen LogP contribution is 2.43. The smallest absolute Gasteiger partial charge is 0.307 e. The summed E-state index contributed by atoms with van der Waals surface area (Å²) in [5, 5.41) is 11.9. The van der Waals surface area contributed by atoms with Crippen molar-refractivity contribution in [2.24, 2.45) is 17.8 Å². The molecule has 1 aromatic rings. The molecular formula is C15H17NO3. The third-order valence-corrected chi connectivity index (χ3v) is 3.99. The second-order valence-corrected chi connectivity index (χ2v) is 5.52. The number of amides is 1. The van der Waals surface area contributed by atoms with Gasteiger partial charge < -0.3 is 10.4 Å². The lowest BCUT2D eigenvalue weighted by atomic mass is 10.0. The predicted molar refractivity (Wildman–Crippen MR) is 69.3 cm³/mol. The zero-order valence-electron chi connectivity index (χ0n) is 10.6. The van der Waals surface area contributed by atoms with Crippen molar-refractivity contribution in [3.05, 3.63) is 35.9 Å². The fraction of sp³-hybridized carbons (Fsp3) is 0.467. The SMILES string of the molecule is O=C(O)[C@@H]1C[C@H]1C(=O)N[C@H](c1ccccc1)C1CC1. The monoisotopic (exact) mass is 259 g/mol. The molecular weight excluding hydrogens is 242 g/mol. The molecule has 19 heavy (non-hydrogen) atoms. The topological polar surface area (TPSA) is 66.4 Å². The third kappa shape index (κ3) is 2.62. The van der Waals surface area contributed by atoms with E-state index in [1.54, 1.807) is 0 Å². The van der Waals surface area contributed by atoms with Crippen LogP contribution in [0.25, 0.3) is 0 Å². The van der Waals surface area contributed by atoms with Crippen molar-refractivity contribution in [1.29, 1.82) is 0 Å². The Balaban J connectivity index is 1.66. The number of carbonyl (C=O) groups excluding carboxylic acids is 1. The minimum absolute atomic E-state index is 0.0451. The molecule has 0 unspecified atom stereocenters. The van der Waals surface area contributed by atoms with Crippen LogP contribution in [-0.4, -0.2) is 17.0 Å². The summed E-state index contributed by atoms with van der Waals surface area (Å²) >= 11 is 0. The molecule has 0 heterocycles. The van der Waals surface area contributed by atoms with Gasteiger partial charge in [0.2, 0.25) is 5.91 Å². The summed E-state index contributed by atoms with van der Waals surface area (Å²) in [6, 6.07) is 9.97. The molecule has 0 aromatic heterocycles. The Labute approximate surface area is 111 Å². The quantitative estimate of drug-likeness (QED) is 0.849. The average Bonchev–Trinajstić information content (AvgIpc) is 3.29. The number of hydrogen-bond acceptors (Lipinski definition) is 2. The molecule has 2 aliphatic carbocycles. The number of carbonyl (C=O) groups is 2. The van der Waals surface area contributed by atoms with Crippen molar-refractivity contribution >= 4 is 11.9 Å². The van der Waals surface area contributed by atoms with E-state index >= 15 is 0 Å². The fourth-order valence-corrected chi connectivity index (χ4v) is 2.58. The summed E-state index contributed by atoms with van der Waals surface area (Å²) in [5.41, 5.74) is 1.12. The van der Waals surface area contributed by atoms with Gasteiger partial charge in [0.05, 0.1) is 17.9 Å². The Morgan fingerprint density at radius 1 is 1.16 bits per heavy atom. The average molecular weight is 259 g/mol. The number of carboxylic acid groups (broad SMARTS) is 1. The van der Waals surface area contributed by atoms with Gasteiger partial charge in [-0.1, -0.05) is 30.3 Å². The third-order valence-electron chi connectivity index (χ3n) is 3.99. The molecule has 100 valence electrons. The second kappa shape index (κ2) is 4.68. The van der Waals surface area contributed by atoms with Crippen molar-refractivity contribution in [2.45, 2.75) is 25.3 Å². The van der Waals surface area contributed by atoms with Gasteiger partial charge in [-0.15, -0.1) is 0 Å². The van der Waals surface area contributed by atoms with E-state index in [1.165, 1.54) is 0 Å². The number of aliphatic carboxylic acids is 1. The van der Waals surface area contributed by atoms with Crippen LogP contribution in [0.15, 0.2) is 30.3 Å². The van der Waals surface area contributed by atoms with Crippen LogP contribution in [0.2, 0.25) is 0 Å². The van der Waals surface area contributed by atoms with E-state index in [0.29, 0.717) is 12.3 Å². The molecule has 4 heteroatoms. The van der Waals surface area contributed by atoms with E-state index in [0.717, 1.165) is 18.4 Å². The van der Waals surface area contributed by atoms with E-state index in [4.69, 9.17) is 5.11 Å². The van der Waals surface area contributed by atoms with E-state index in [2.05, 4.69) is 5.32 Å². The fourth-order valence-electron chi connectivity index (χ4n) is 2.58. The Kier molecular flexibility index (Phi) is 3.01. The standard InChI is InChI=1S/C15H17NO3/c17-14(11-8-12(11)15(18)19)16-13(10-6-7-10)9-4-2-1-3-5-9/h1-5,10-13H,6-8H2,(H,16,17)(H,18,19)/t11-,12-,13-/m1/s1. The van der Waals surface area contributed by atoms with Crippen molar-refractivity contribution in [2.75, 3.05) is 0 Å². The predicted octanol–water partition coefficient (Wildman–Crippen LogP) is 1.97. The molecule has 2 fully saturated rings. The van der Waals surface area contributed by atoms with E-state index in [9.17, 15) is 9.59 Å². The summed E-state index contributed by atoms with van der Waals surface area (Å²) in [5.74, 6) is -1.26. The number of benzene rings is 1. The summed E-state index contributed by atoms with van der Waals surface area (Å²) in [4.78, 5) is 22.9. The van der Waals surface area contributed by atoms with Crippen LogP contribution in [0.1, 0.15) is 30.9 Å². The largest absolute Gasteiger partial charge is 0.481 e. The van der Waals surface area contributed by atoms with Crippen LogP contribution in [0.4, 0.5) is 0 Å². The molecule has 4 nitrogen and oxygen atoms in total. The van der Waals surface area contributed by atoms with Crippen molar-refractivity contribution in [3.8, 4) is 0 Å². The van der Waals surface area contributed by atoms with E-state index in [1.807, 2.05) is 30.3 Å².